The highest BCUT2D eigenvalue weighted by Gasteiger charge is 2.18. The van der Waals surface area contributed by atoms with E-state index < -0.39 is 0 Å². The third kappa shape index (κ3) is 5.00. The number of carbonyl (C=O) groups is 1. The summed E-state index contributed by atoms with van der Waals surface area (Å²) in [5.74, 6) is 1.07. The molecular formula is C23H20FN3O3. The molecule has 7 heteroatoms. The Kier molecular flexibility index (Phi) is 5.98. The van der Waals surface area contributed by atoms with Gasteiger partial charge < -0.3 is 13.8 Å². The van der Waals surface area contributed by atoms with Crippen molar-refractivity contribution in [3.05, 3.63) is 96.0 Å². The largest absolute Gasteiger partial charge is 0.467 e. The van der Waals surface area contributed by atoms with Crippen molar-refractivity contribution >= 4 is 5.91 Å². The second kappa shape index (κ2) is 9.17. The lowest BCUT2D eigenvalue weighted by Crippen LogP contribution is -2.30. The van der Waals surface area contributed by atoms with E-state index in [1.54, 1.807) is 29.4 Å². The van der Waals surface area contributed by atoms with Crippen molar-refractivity contribution < 1.29 is 18.1 Å². The van der Waals surface area contributed by atoms with E-state index in [9.17, 15) is 9.18 Å². The molecule has 4 aromatic rings. The number of carbonyl (C=O) groups excluding carboxylic acids is 1. The summed E-state index contributed by atoms with van der Waals surface area (Å²) in [7, 11) is 0. The molecule has 152 valence electrons. The summed E-state index contributed by atoms with van der Waals surface area (Å²) in [6, 6.07) is 19.3. The number of benzene rings is 2. The van der Waals surface area contributed by atoms with E-state index in [2.05, 4.69) is 10.1 Å². The molecule has 2 aromatic carbocycles. The standard InChI is InChI=1S/C23H20FN3O3/c24-19-10-8-18(9-11-19)23-25-21(30-26-23)12-13-22(28)27(16-20-7-4-14-29-20)15-17-5-2-1-3-6-17/h1-11,14H,12-13,15-16H2. The van der Waals surface area contributed by atoms with E-state index in [0.717, 1.165) is 11.3 Å². The molecule has 2 aromatic heterocycles. The van der Waals surface area contributed by atoms with Crippen LogP contribution < -0.4 is 0 Å². The molecule has 6 nitrogen and oxygen atoms in total. The van der Waals surface area contributed by atoms with Gasteiger partial charge in [0.2, 0.25) is 17.6 Å². The maximum Gasteiger partial charge on any atom is 0.227 e. The van der Waals surface area contributed by atoms with Crippen molar-refractivity contribution in [1.82, 2.24) is 15.0 Å². The summed E-state index contributed by atoms with van der Waals surface area (Å²) in [4.78, 5) is 19.0. The van der Waals surface area contributed by atoms with E-state index in [0.29, 0.717) is 36.8 Å². The first-order valence-electron chi connectivity index (χ1n) is 9.60. The van der Waals surface area contributed by atoms with Crippen LogP contribution >= 0.6 is 0 Å². The molecule has 0 spiro atoms. The lowest BCUT2D eigenvalue weighted by molar-refractivity contribution is -0.132. The number of rotatable bonds is 8. The van der Waals surface area contributed by atoms with Crippen molar-refractivity contribution in [1.29, 1.82) is 0 Å². The number of aryl methyl sites for hydroxylation is 1. The van der Waals surface area contributed by atoms with Gasteiger partial charge in [0.15, 0.2) is 0 Å². The Bertz CT molecular complexity index is 1080. The molecule has 2 heterocycles. The summed E-state index contributed by atoms with van der Waals surface area (Å²) < 4.78 is 23.7. The van der Waals surface area contributed by atoms with E-state index in [1.165, 1.54) is 12.1 Å². The van der Waals surface area contributed by atoms with Gasteiger partial charge in [0.1, 0.15) is 11.6 Å². The fourth-order valence-corrected chi connectivity index (χ4v) is 3.07. The second-order valence-corrected chi connectivity index (χ2v) is 6.83. The Hall–Kier alpha value is -3.74. The Labute approximate surface area is 172 Å². The fourth-order valence-electron chi connectivity index (χ4n) is 3.07. The number of hydrogen-bond acceptors (Lipinski definition) is 5. The van der Waals surface area contributed by atoms with E-state index in [4.69, 9.17) is 8.94 Å². The number of hydrogen-bond donors (Lipinski definition) is 0. The summed E-state index contributed by atoms with van der Waals surface area (Å²) >= 11 is 0. The Balaban J connectivity index is 1.41. The summed E-state index contributed by atoms with van der Waals surface area (Å²) in [6.45, 7) is 0.858. The second-order valence-electron chi connectivity index (χ2n) is 6.83. The number of nitrogens with zero attached hydrogens (tertiary/aromatic N) is 3. The Morgan fingerprint density at radius 3 is 2.50 bits per heavy atom. The summed E-state index contributed by atoms with van der Waals surface area (Å²) in [6.07, 6.45) is 2.13. The predicted molar refractivity (Wildman–Crippen MR) is 107 cm³/mol. The highest BCUT2D eigenvalue weighted by Crippen LogP contribution is 2.18. The van der Waals surface area contributed by atoms with Gasteiger partial charge >= 0.3 is 0 Å². The minimum atomic E-state index is -0.330. The molecule has 0 saturated carbocycles. The number of halogens is 1. The van der Waals surface area contributed by atoms with Crippen LogP contribution in [0.1, 0.15) is 23.6 Å². The SMILES string of the molecule is O=C(CCc1nc(-c2ccc(F)cc2)no1)N(Cc1ccccc1)Cc1ccco1. The topological polar surface area (TPSA) is 72.4 Å². The molecule has 0 aliphatic heterocycles. The lowest BCUT2D eigenvalue weighted by atomic mass is 10.2. The first-order valence-corrected chi connectivity index (χ1v) is 9.60. The number of amides is 1. The molecule has 0 aliphatic rings. The molecule has 0 unspecified atom stereocenters. The van der Waals surface area contributed by atoms with Gasteiger partial charge in [-0.3, -0.25) is 4.79 Å². The number of aromatic nitrogens is 2. The molecule has 0 fully saturated rings. The van der Waals surface area contributed by atoms with Crippen LogP contribution in [0.4, 0.5) is 4.39 Å². The molecule has 0 aliphatic carbocycles. The third-order valence-electron chi connectivity index (χ3n) is 4.62. The van der Waals surface area contributed by atoms with Crippen LogP contribution in [0.2, 0.25) is 0 Å². The van der Waals surface area contributed by atoms with Gasteiger partial charge in [-0.25, -0.2) is 4.39 Å². The van der Waals surface area contributed by atoms with Crippen LogP contribution in [0, 0.1) is 5.82 Å². The Morgan fingerprint density at radius 1 is 0.967 bits per heavy atom. The Morgan fingerprint density at radius 2 is 1.77 bits per heavy atom. The molecule has 0 atom stereocenters. The molecule has 30 heavy (non-hydrogen) atoms. The molecule has 0 N–H and O–H groups in total. The van der Waals surface area contributed by atoms with Gasteiger partial charge in [0.25, 0.3) is 0 Å². The van der Waals surface area contributed by atoms with E-state index in [1.807, 2.05) is 36.4 Å². The quantitative estimate of drug-likeness (QED) is 0.427. The van der Waals surface area contributed by atoms with Crippen LogP contribution in [0.5, 0.6) is 0 Å². The summed E-state index contributed by atoms with van der Waals surface area (Å²) in [5, 5.41) is 3.92. The lowest BCUT2D eigenvalue weighted by Gasteiger charge is -2.21. The van der Waals surface area contributed by atoms with Crippen molar-refractivity contribution in [2.75, 3.05) is 0 Å². The molecule has 1 amide bonds. The molecule has 4 rings (SSSR count). The zero-order chi connectivity index (χ0) is 20.8. The van der Waals surface area contributed by atoms with Gasteiger partial charge in [-0.15, -0.1) is 0 Å². The van der Waals surface area contributed by atoms with Crippen LogP contribution in [-0.2, 0) is 24.3 Å². The average molecular weight is 405 g/mol. The zero-order valence-corrected chi connectivity index (χ0v) is 16.2. The van der Waals surface area contributed by atoms with Gasteiger partial charge in [-0.05, 0) is 42.0 Å². The van der Waals surface area contributed by atoms with Crippen LogP contribution in [0.25, 0.3) is 11.4 Å². The first-order chi connectivity index (χ1) is 14.7. The maximum atomic E-state index is 13.1. The van der Waals surface area contributed by atoms with Crippen molar-refractivity contribution in [3.8, 4) is 11.4 Å². The molecule has 0 radical (unpaired) electrons. The monoisotopic (exact) mass is 405 g/mol. The molecule has 0 bridgehead atoms. The van der Waals surface area contributed by atoms with Gasteiger partial charge in [-0.1, -0.05) is 35.5 Å². The highest BCUT2D eigenvalue weighted by molar-refractivity contribution is 5.76. The van der Waals surface area contributed by atoms with Gasteiger partial charge in [0.05, 0.1) is 12.8 Å². The smallest absolute Gasteiger partial charge is 0.227 e. The van der Waals surface area contributed by atoms with Crippen molar-refractivity contribution in [2.24, 2.45) is 0 Å². The fraction of sp³-hybridized carbons (Fsp3) is 0.174. The maximum absolute atomic E-state index is 13.1. The van der Waals surface area contributed by atoms with Gasteiger partial charge in [0, 0.05) is 24.9 Å². The average Bonchev–Trinajstić information content (AvgIpc) is 3.45. The summed E-state index contributed by atoms with van der Waals surface area (Å²) in [5.41, 5.74) is 1.69. The minimum Gasteiger partial charge on any atom is -0.467 e. The van der Waals surface area contributed by atoms with E-state index in [-0.39, 0.29) is 18.1 Å². The third-order valence-corrected chi connectivity index (χ3v) is 4.62. The zero-order valence-electron chi connectivity index (χ0n) is 16.2. The predicted octanol–water partition coefficient (Wildman–Crippen LogP) is 4.63. The number of furan rings is 1. The van der Waals surface area contributed by atoms with Crippen LogP contribution in [0.3, 0.4) is 0 Å². The normalized spacial score (nSPS) is 10.8. The minimum absolute atomic E-state index is 0.0446. The first kappa shape index (κ1) is 19.6. The van der Waals surface area contributed by atoms with Crippen molar-refractivity contribution in [3.63, 3.8) is 0 Å². The van der Waals surface area contributed by atoms with Crippen LogP contribution in [0.15, 0.2) is 81.9 Å². The van der Waals surface area contributed by atoms with Crippen LogP contribution in [-0.4, -0.2) is 20.9 Å². The molecular weight excluding hydrogens is 385 g/mol. The van der Waals surface area contributed by atoms with Crippen molar-refractivity contribution in [2.45, 2.75) is 25.9 Å². The molecule has 0 saturated heterocycles. The van der Waals surface area contributed by atoms with Gasteiger partial charge in [-0.2, -0.15) is 4.98 Å². The highest BCUT2D eigenvalue weighted by atomic mass is 19.1. The van der Waals surface area contributed by atoms with E-state index >= 15 is 0 Å².